The molecule has 2 heterocycles. The SMILES string of the molecule is CCOCCCOc1cnc(C(=[NH2+])c2ccccc2NCc2c(F)cc(OCC)cc2F)nc1Nc1ccnc(NC(C)=O)c1. The summed E-state index contributed by atoms with van der Waals surface area (Å²) in [4.78, 5) is 24.8. The van der Waals surface area contributed by atoms with Crippen LogP contribution in [-0.2, 0) is 16.1 Å². The van der Waals surface area contributed by atoms with Crippen molar-refractivity contribution in [3.8, 4) is 11.5 Å². The summed E-state index contributed by atoms with van der Waals surface area (Å²) in [5.41, 5.74) is 1.70. The Morgan fingerprint density at radius 1 is 0.978 bits per heavy atom. The second kappa shape index (κ2) is 16.1. The minimum atomic E-state index is -0.728. The number of carbonyl (C=O) groups is 1. The van der Waals surface area contributed by atoms with E-state index >= 15 is 0 Å². The number of hydrogen-bond donors (Lipinski definition) is 4. The smallest absolute Gasteiger partial charge is 0.251 e. The zero-order valence-corrected chi connectivity index (χ0v) is 25.3. The molecule has 0 spiro atoms. The van der Waals surface area contributed by atoms with Crippen LogP contribution in [0.25, 0.3) is 0 Å². The van der Waals surface area contributed by atoms with E-state index in [0.717, 1.165) is 12.1 Å². The second-order valence-electron chi connectivity index (χ2n) is 9.65. The minimum absolute atomic E-state index is 0.121. The molecule has 2 aromatic carbocycles. The van der Waals surface area contributed by atoms with Crippen molar-refractivity contribution in [1.82, 2.24) is 15.0 Å². The zero-order valence-electron chi connectivity index (χ0n) is 25.3. The fraction of sp³-hybridized carbons (Fsp3) is 0.281. The number of nitrogens with two attached hydrogens (primary N) is 1. The van der Waals surface area contributed by atoms with E-state index in [2.05, 4.69) is 30.9 Å². The van der Waals surface area contributed by atoms with Crippen molar-refractivity contribution in [2.45, 2.75) is 33.7 Å². The summed E-state index contributed by atoms with van der Waals surface area (Å²) in [6.45, 7) is 6.70. The normalized spacial score (nSPS) is 10.7. The van der Waals surface area contributed by atoms with E-state index in [1.54, 1.807) is 43.3 Å². The highest BCUT2D eigenvalue weighted by atomic mass is 19.1. The van der Waals surface area contributed by atoms with Crippen molar-refractivity contribution < 1.29 is 33.2 Å². The molecule has 0 aliphatic rings. The zero-order chi connectivity index (χ0) is 32.2. The van der Waals surface area contributed by atoms with Gasteiger partial charge in [0.25, 0.3) is 5.71 Å². The maximum Gasteiger partial charge on any atom is 0.251 e. The van der Waals surface area contributed by atoms with Crippen LogP contribution in [0.4, 0.5) is 31.8 Å². The molecule has 0 aliphatic heterocycles. The summed E-state index contributed by atoms with van der Waals surface area (Å²) in [6, 6.07) is 12.7. The number of halogens is 2. The van der Waals surface area contributed by atoms with Gasteiger partial charge in [0.05, 0.1) is 25.0 Å². The average Bonchev–Trinajstić information content (AvgIpc) is 3.01. The number of pyridine rings is 1. The quantitative estimate of drug-likeness (QED) is 0.107. The Morgan fingerprint density at radius 3 is 2.49 bits per heavy atom. The van der Waals surface area contributed by atoms with Gasteiger partial charge in [0, 0.05) is 74.4 Å². The standard InChI is InChI=1S/C32H35F2N7O4/c1-4-43-13-8-14-45-28-19-38-32(41-31(28)40-21-11-12-36-29(15-21)39-20(3)42)30(35)23-9-6-7-10-27(23)37-18-24-25(33)16-22(44-5-2)17-26(24)34/h6-7,9-12,15-17,19,35,37H,4-5,8,13-14,18H2,1-3H3,(H2,36,38,39,40,41,42)/p+1. The van der Waals surface area contributed by atoms with Crippen molar-refractivity contribution in [2.24, 2.45) is 0 Å². The monoisotopic (exact) mass is 620 g/mol. The number of nitrogens with one attached hydrogen (secondary N) is 3. The topological polar surface area (TPSA) is 145 Å². The number of amides is 1. The predicted octanol–water partition coefficient (Wildman–Crippen LogP) is 4.26. The maximum absolute atomic E-state index is 14.7. The number of hydrogen-bond acceptors (Lipinski definition) is 9. The number of aromatic nitrogens is 3. The highest BCUT2D eigenvalue weighted by Gasteiger charge is 2.21. The van der Waals surface area contributed by atoms with Gasteiger partial charge >= 0.3 is 0 Å². The molecule has 45 heavy (non-hydrogen) atoms. The first-order valence-electron chi connectivity index (χ1n) is 14.4. The Bertz CT molecular complexity index is 1610. The second-order valence-corrected chi connectivity index (χ2v) is 9.65. The van der Waals surface area contributed by atoms with E-state index in [4.69, 9.17) is 19.6 Å². The van der Waals surface area contributed by atoms with Crippen molar-refractivity contribution in [1.29, 1.82) is 0 Å². The molecule has 1 amide bonds. The number of nitrogens with zero attached hydrogens (tertiary/aromatic N) is 3. The van der Waals surface area contributed by atoms with Crippen LogP contribution >= 0.6 is 0 Å². The molecule has 0 saturated heterocycles. The Labute approximate surface area is 259 Å². The molecule has 0 aliphatic carbocycles. The molecule has 13 heteroatoms. The van der Waals surface area contributed by atoms with E-state index in [1.165, 1.54) is 19.3 Å². The molecule has 236 valence electrons. The lowest BCUT2D eigenvalue weighted by molar-refractivity contribution is -0.114. The average molecular weight is 621 g/mol. The molecular weight excluding hydrogens is 584 g/mol. The Kier molecular flexibility index (Phi) is 11.7. The number of anilines is 4. The molecule has 0 fully saturated rings. The molecule has 2 aromatic heterocycles. The van der Waals surface area contributed by atoms with Crippen molar-refractivity contribution >= 4 is 34.6 Å². The molecule has 0 saturated carbocycles. The molecular formula is C32H36F2N7O4+. The third-order valence-corrected chi connectivity index (χ3v) is 6.32. The van der Waals surface area contributed by atoms with Crippen LogP contribution in [0.2, 0.25) is 0 Å². The maximum atomic E-state index is 14.7. The summed E-state index contributed by atoms with van der Waals surface area (Å²) < 4.78 is 46.0. The Hall–Kier alpha value is -5.17. The number of ether oxygens (including phenoxy) is 3. The summed E-state index contributed by atoms with van der Waals surface area (Å²) in [6.07, 6.45) is 3.70. The van der Waals surface area contributed by atoms with Crippen LogP contribution in [0, 0.1) is 11.6 Å². The first-order chi connectivity index (χ1) is 21.8. The number of rotatable bonds is 16. The number of benzene rings is 2. The fourth-order valence-corrected chi connectivity index (χ4v) is 4.25. The largest absolute Gasteiger partial charge is 0.494 e. The summed E-state index contributed by atoms with van der Waals surface area (Å²) >= 11 is 0. The minimum Gasteiger partial charge on any atom is -0.494 e. The molecule has 0 atom stereocenters. The van der Waals surface area contributed by atoms with Gasteiger partial charge in [0.1, 0.15) is 23.2 Å². The van der Waals surface area contributed by atoms with E-state index in [0.29, 0.717) is 67.2 Å². The van der Waals surface area contributed by atoms with Crippen LogP contribution in [0.3, 0.4) is 0 Å². The van der Waals surface area contributed by atoms with Crippen LogP contribution in [-0.4, -0.2) is 53.0 Å². The molecule has 5 N–H and O–H groups in total. The fourth-order valence-electron chi connectivity index (χ4n) is 4.25. The van der Waals surface area contributed by atoms with Crippen LogP contribution in [0.15, 0.2) is 60.9 Å². The van der Waals surface area contributed by atoms with Gasteiger partial charge in [-0.3, -0.25) is 10.2 Å². The van der Waals surface area contributed by atoms with Gasteiger partial charge in [-0.1, -0.05) is 12.1 Å². The highest BCUT2D eigenvalue weighted by Crippen LogP contribution is 2.28. The van der Waals surface area contributed by atoms with E-state index in [-0.39, 0.29) is 35.3 Å². The van der Waals surface area contributed by atoms with Crippen LogP contribution in [0.1, 0.15) is 44.1 Å². The van der Waals surface area contributed by atoms with E-state index in [9.17, 15) is 13.6 Å². The first kappa shape index (κ1) is 32.7. The lowest BCUT2D eigenvalue weighted by Crippen LogP contribution is -2.42. The van der Waals surface area contributed by atoms with Crippen molar-refractivity contribution in [3.05, 3.63) is 89.5 Å². The highest BCUT2D eigenvalue weighted by molar-refractivity contribution is 6.10. The number of carbonyl (C=O) groups excluding carboxylic acids is 1. The molecule has 0 bridgehead atoms. The van der Waals surface area contributed by atoms with E-state index in [1.807, 2.05) is 6.92 Å². The van der Waals surface area contributed by atoms with Gasteiger partial charge in [0.15, 0.2) is 11.6 Å². The van der Waals surface area contributed by atoms with Crippen LogP contribution < -0.4 is 30.8 Å². The first-order valence-corrected chi connectivity index (χ1v) is 14.4. The third-order valence-electron chi connectivity index (χ3n) is 6.32. The van der Waals surface area contributed by atoms with Gasteiger partial charge in [-0.05, 0) is 32.0 Å². The number of para-hydroxylation sites is 1. The molecule has 4 rings (SSSR count). The predicted molar refractivity (Wildman–Crippen MR) is 167 cm³/mol. The Balaban J connectivity index is 1.59. The van der Waals surface area contributed by atoms with Gasteiger partial charge in [-0.25, -0.2) is 23.7 Å². The van der Waals surface area contributed by atoms with Crippen molar-refractivity contribution in [2.75, 3.05) is 42.4 Å². The third kappa shape index (κ3) is 9.16. The van der Waals surface area contributed by atoms with E-state index < -0.39 is 11.6 Å². The van der Waals surface area contributed by atoms with Gasteiger partial charge in [0.2, 0.25) is 11.7 Å². The van der Waals surface area contributed by atoms with Gasteiger partial charge in [-0.2, -0.15) is 0 Å². The molecule has 4 aromatic rings. The molecule has 11 nitrogen and oxygen atoms in total. The lowest BCUT2D eigenvalue weighted by atomic mass is 10.1. The van der Waals surface area contributed by atoms with Gasteiger partial charge < -0.3 is 30.2 Å². The summed E-state index contributed by atoms with van der Waals surface area (Å²) in [5.74, 6) is -0.365. The Morgan fingerprint density at radius 2 is 1.76 bits per heavy atom. The molecule has 0 unspecified atom stereocenters. The van der Waals surface area contributed by atoms with Crippen molar-refractivity contribution in [3.63, 3.8) is 0 Å². The summed E-state index contributed by atoms with van der Waals surface area (Å²) in [7, 11) is 0. The van der Waals surface area contributed by atoms with Gasteiger partial charge in [-0.15, -0.1) is 0 Å². The van der Waals surface area contributed by atoms with Crippen LogP contribution in [0.5, 0.6) is 11.5 Å². The molecule has 0 radical (unpaired) electrons. The summed E-state index contributed by atoms with van der Waals surface area (Å²) in [5, 5.41) is 15.5. The lowest BCUT2D eigenvalue weighted by Gasteiger charge is -2.15.